The average Bonchev–Trinajstić information content (AvgIpc) is 3.07. The number of nitrogens with zero attached hydrogens (tertiary/aromatic N) is 2. The Kier molecular flexibility index (Phi) is 4.08. The first-order chi connectivity index (χ1) is 12.6. The summed E-state index contributed by atoms with van der Waals surface area (Å²) < 4.78 is 5.58. The Morgan fingerprint density at radius 2 is 1.88 bits per heavy atom. The largest absolute Gasteiger partial charge is 0.420 e. The van der Waals surface area contributed by atoms with E-state index in [1.54, 1.807) is 12.1 Å². The monoisotopic (exact) mass is 382 g/mol. The number of nitrogens with two attached hydrogens (primary N) is 1. The molecule has 0 saturated heterocycles. The number of nitrogens with one attached hydrogen (secondary N) is 1. The van der Waals surface area contributed by atoms with E-state index < -0.39 is 5.92 Å². The van der Waals surface area contributed by atoms with Crippen molar-refractivity contribution in [1.82, 2.24) is 10.2 Å². The van der Waals surface area contributed by atoms with E-state index in [0.717, 1.165) is 22.4 Å². The van der Waals surface area contributed by atoms with Gasteiger partial charge in [-0.25, -0.2) is 0 Å². The molecule has 1 aromatic heterocycles. The zero-order valence-electron chi connectivity index (χ0n) is 13.3. The van der Waals surface area contributed by atoms with Crippen LogP contribution in [0.15, 0.2) is 60.0 Å². The maximum Gasteiger partial charge on any atom is 0.244 e. The number of hydrogen-bond acceptors (Lipinski definition) is 4. The van der Waals surface area contributed by atoms with Crippen LogP contribution in [0.2, 0.25) is 10.0 Å². The number of aromatic amines is 1. The van der Waals surface area contributed by atoms with E-state index in [1.165, 1.54) is 0 Å². The number of aromatic nitrogens is 2. The number of rotatable bonds is 2. The van der Waals surface area contributed by atoms with Gasteiger partial charge in [-0.05, 0) is 23.3 Å². The molecule has 0 aliphatic carbocycles. The van der Waals surface area contributed by atoms with Gasteiger partial charge in [0.2, 0.25) is 11.8 Å². The van der Waals surface area contributed by atoms with Crippen LogP contribution in [-0.2, 0) is 0 Å². The van der Waals surface area contributed by atoms with Crippen LogP contribution in [0.4, 0.5) is 0 Å². The SMILES string of the molecule is N#CC1=C(N)Oc2n[nH]c(-c3ccccc3)c2[C@H]1c1ccc(Cl)c(Cl)c1. The molecule has 7 heteroatoms. The molecule has 1 atom stereocenters. The lowest BCUT2D eigenvalue weighted by Crippen LogP contribution is -2.21. The summed E-state index contributed by atoms with van der Waals surface area (Å²) in [7, 11) is 0. The van der Waals surface area contributed by atoms with E-state index in [1.807, 2.05) is 36.4 Å². The topological polar surface area (TPSA) is 87.7 Å². The molecular formula is C19H12Cl2N4O. The van der Waals surface area contributed by atoms with Gasteiger partial charge in [0, 0.05) is 0 Å². The number of ether oxygens (including phenoxy) is 1. The van der Waals surface area contributed by atoms with E-state index in [2.05, 4.69) is 16.3 Å². The summed E-state index contributed by atoms with van der Waals surface area (Å²) in [6.07, 6.45) is 0. The van der Waals surface area contributed by atoms with Crippen molar-refractivity contribution in [2.24, 2.45) is 5.73 Å². The lowest BCUT2D eigenvalue weighted by atomic mass is 9.83. The van der Waals surface area contributed by atoms with Crippen LogP contribution in [-0.4, -0.2) is 10.2 Å². The first kappa shape index (κ1) is 16.5. The predicted octanol–water partition coefficient (Wildman–Crippen LogP) is 4.60. The van der Waals surface area contributed by atoms with Crippen LogP contribution in [0.25, 0.3) is 11.3 Å². The van der Waals surface area contributed by atoms with Crippen molar-refractivity contribution in [3.63, 3.8) is 0 Å². The first-order valence-electron chi connectivity index (χ1n) is 7.76. The Hall–Kier alpha value is -2.94. The zero-order valence-corrected chi connectivity index (χ0v) is 14.8. The molecule has 2 heterocycles. The maximum atomic E-state index is 9.68. The highest BCUT2D eigenvalue weighted by atomic mass is 35.5. The third-order valence-electron chi connectivity index (χ3n) is 4.28. The maximum absolute atomic E-state index is 9.68. The summed E-state index contributed by atoms with van der Waals surface area (Å²) in [4.78, 5) is 0. The molecule has 0 unspecified atom stereocenters. The smallest absolute Gasteiger partial charge is 0.244 e. The molecule has 3 aromatic rings. The molecule has 0 radical (unpaired) electrons. The average molecular weight is 383 g/mol. The third kappa shape index (κ3) is 2.60. The molecule has 0 amide bonds. The molecule has 2 aromatic carbocycles. The molecule has 3 N–H and O–H groups in total. The van der Waals surface area contributed by atoms with Gasteiger partial charge in [0.15, 0.2) is 0 Å². The molecule has 0 saturated carbocycles. The van der Waals surface area contributed by atoms with E-state index in [0.29, 0.717) is 21.5 Å². The fourth-order valence-corrected chi connectivity index (χ4v) is 3.40. The van der Waals surface area contributed by atoms with Crippen molar-refractivity contribution >= 4 is 23.2 Å². The lowest BCUT2D eigenvalue weighted by molar-refractivity contribution is 0.379. The summed E-state index contributed by atoms with van der Waals surface area (Å²) >= 11 is 12.2. The molecule has 1 aliphatic heterocycles. The number of nitriles is 1. The molecule has 5 nitrogen and oxygen atoms in total. The van der Waals surface area contributed by atoms with Gasteiger partial charge in [-0.2, -0.15) is 5.26 Å². The summed E-state index contributed by atoms with van der Waals surface area (Å²) in [5, 5.41) is 17.8. The highest BCUT2D eigenvalue weighted by Crippen LogP contribution is 2.46. The number of hydrogen-bond donors (Lipinski definition) is 2. The Balaban J connectivity index is 1.97. The van der Waals surface area contributed by atoms with Gasteiger partial charge >= 0.3 is 0 Å². The standard InChI is InChI=1S/C19H12Cl2N4O/c20-13-7-6-11(8-14(13)21)15-12(9-22)18(23)26-19-16(15)17(24-25-19)10-4-2-1-3-5-10/h1-8,15H,23H2,(H,24,25)/t15-/m0/s1. The van der Waals surface area contributed by atoms with Gasteiger partial charge in [-0.15, -0.1) is 5.10 Å². The second-order valence-electron chi connectivity index (χ2n) is 5.78. The van der Waals surface area contributed by atoms with Crippen molar-refractivity contribution in [1.29, 1.82) is 5.26 Å². The third-order valence-corrected chi connectivity index (χ3v) is 5.02. The Morgan fingerprint density at radius 3 is 2.58 bits per heavy atom. The highest BCUT2D eigenvalue weighted by molar-refractivity contribution is 6.42. The fraction of sp³-hybridized carbons (Fsp3) is 0.0526. The van der Waals surface area contributed by atoms with Crippen LogP contribution >= 0.6 is 23.2 Å². The second kappa shape index (κ2) is 6.41. The van der Waals surface area contributed by atoms with Gasteiger partial charge in [-0.1, -0.05) is 59.6 Å². The molecule has 0 spiro atoms. The van der Waals surface area contributed by atoms with Crippen molar-refractivity contribution in [3.05, 3.63) is 81.2 Å². The number of H-pyrrole nitrogens is 1. The first-order valence-corrected chi connectivity index (χ1v) is 8.52. The molecule has 128 valence electrons. The van der Waals surface area contributed by atoms with Gasteiger partial charge < -0.3 is 10.5 Å². The molecule has 4 rings (SSSR count). The number of fused-ring (bicyclic) bond motifs is 1. The van der Waals surface area contributed by atoms with E-state index in [9.17, 15) is 5.26 Å². The van der Waals surface area contributed by atoms with E-state index in [-0.39, 0.29) is 5.88 Å². The zero-order chi connectivity index (χ0) is 18.3. The molecule has 0 fully saturated rings. The number of benzene rings is 2. The number of halogens is 2. The van der Waals surface area contributed by atoms with Gasteiger partial charge in [-0.3, -0.25) is 5.10 Å². The second-order valence-corrected chi connectivity index (χ2v) is 6.60. The van der Waals surface area contributed by atoms with Crippen molar-refractivity contribution in [2.75, 3.05) is 0 Å². The summed E-state index contributed by atoms with van der Waals surface area (Å²) in [5.74, 6) is -0.0916. The normalized spacial score (nSPS) is 16.0. The summed E-state index contributed by atoms with van der Waals surface area (Å²) in [6, 6.07) is 17.1. The minimum atomic E-state index is -0.465. The minimum Gasteiger partial charge on any atom is -0.420 e. The molecule has 1 aliphatic rings. The molecular weight excluding hydrogens is 371 g/mol. The number of allylic oxidation sites excluding steroid dienone is 1. The highest BCUT2D eigenvalue weighted by Gasteiger charge is 2.35. The quantitative estimate of drug-likeness (QED) is 0.677. The van der Waals surface area contributed by atoms with Crippen LogP contribution < -0.4 is 10.5 Å². The van der Waals surface area contributed by atoms with Gasteiger partial charge in [0.25, 0.3) is 0 Å². The van der Waals surface area contributed by atoms with Crippen LogP contribution in [0.1, 0.15) is 17.0 Å². The summed E-state index contributed by atoms with van der Waals surface area (Å²) in [5.41, 5.74) is 9.47. The van der Waals surface area contributed by atoms with Crippen LogP contribution in [0, 0.1) is 11.3 Å². The predicted molar refractivity (Wildman–Crippen MR) is 99.8 cm³/mol. The Bertz CT molecular complexity index is 1070. The Morgan fingerprint density at radius 1 is 1.12 bits per heavy atom. The van der Waals surface area contributed by atoms with Gasteiger partial charge in [0.05, 0.1) is 27.2 Å². The van der Waals surface area contributed by atoms with E-state index >= 15 is 0 Å². The van der Waals surface area contributed by atoms with Crippen molar-refractivity contribution in [3.8, 4) is 23.2 Å². The lowest BCUT2D eigenvalue weighted by Gasteiger charge is -2.24. The summed E-state index contributed by atoms with van der Waals surface area (Å²) in [6.45, 7) is 0. The Labute approximate surface area is 159 Å². The minimum absolute atomic E-state index is 0.0298. The van der Waals surface area contributed by atoms with Crippen LogP contribution in [0.3, 0.4) is 0 Å². The fourth-order valence-electron chi connectivity index (χ4n) is 3.10. The van der Waals surface area contributed by atoms with Gasteiger partial charge in [0.1, 0.15) is 11.6 Å². The van der Waals surface area contributed by atoms with Crippen molar-refractivity contribution < 1.29 is 4.74 Å². The van der Waals surface area contributed by atoms with Crippen molar-refractivity contribution in [2.45, 2.75) is 5.92 Å². The van der Waals surface area contributed by atoms with Crippen LogP contribution in [0.5, 0.6) is 5.88 Å². The molecule has 26 heavy (non-hydrogen) atoms. The molecule has 0 bridgehead atoms. The van der Waals surface area contributed by atoms with E-state index in [4.69, 9.17) is 33.7 Å².